The monoisotopic (exact) mass is 291 g/mol. The van der Waals surface area contributed by atoms with Crippen molar-refractivity contribution in [1.82, 2.24) is 4.57 Å². The van der Waals surface area contributed by atoms with Crippen molar-refractivity contribution < 1.29 is 9.53 Å². The van der Waals surface area contributed by atoms with Crippen LogP contribution in [0.5, 0.6) is 0 Å². The Morgan fingerprint density at radius 3 is 2.59 bits per heavy atom. The van der Waals surface area contributed by atoms with Crippen molar-refractivity contribution in [3.8, 4) is 0 Å². The fourth-order valence-corrected chi connectivity index (χ4v) is 2.36. The molecule has 0 spiro atoms. The fourth-order valence-electron chi connectivity index (χ4n) is 1.96. The molecule has 0 fully saturated rings. The zero-order chi connectivity index (χ0) is 11.8. The number of fused-ring (bicyclic) bond motifs is 1. The highest BCUT2D eigenvalue weighted by Gasteiger charge is 2.17. The van der Waals surface area contributed by atoms with Gasteiger partial charge in [0.1, 0.15) is 0 Å². The predicted molar refractivity (Wildman–Crippen MR) is 66.8 cm³/mol. The first-order valence-electron chi connectivity index (χ1n) is 5.32. The lowest BCUT2D eigenvalue weighted by Crippen LogP contribution is -2.09. The zero-order valence-electron chi connectivity index (χ0n) is 9.02. The third-order valence-corrected chi connectivity index (χ3v) is 3.32. The second-order valence-corrected chi connectivity index (χ2v) is 4.94. The van der Waals surface area contributed by atoms with Crippen molar-refractivity contribution in [3.63, 3.8) is 0 Å². The Kier molecular flexibility index (Phi) is 2.61. The van der Waals surface area contributed by atoms with Gasteiger partial charge in [0, 0.05) is 33.6 Å². The smallest absolute Gasteiger partial charge is 0.261 e. The summed E-state index contributed by atoms with van der Waals surface area (Å²) in [6.07, 6.45) is 3.71. The van der Waals surface area contributed by atoms with Gasteiger partial charge in [-0.15, -0.1) is 0 Å². The molecule has 2 aromatic rings. The highest BCUT2D eigenvalue weighted by atomic mass is 79.9. The molecule has 2 heterocycles. The summed E-state index contributed by atoms with van der Waals surface area (Å²) in [6, 6.07) is 7.40. The van der Waals surface area contributed by atoms with E-state index in [0.29, 0.717) is 18.8 Å². The van der Waals surface area contributed by atoms with Gasteiger partial charge in [-0.05, 0) is 18.2 Å². The van der Waals surface area contributed by atoms with Crippen molar-refractivity contribution in [2.75, 3.05) is 0 Å². The van der Waals surface area contributed by atoms with Crippen LogP contribution in [0.25, 0.3) is 0 Å². The van der Waals surface area contributed by atoms with Gasteiger partial charge in [-0.3, -0.25) is 9.36 Å². The van der Waals surface area contributed by atoms with Crippen molar-refractivity contribution in [2.24, 2.45) is 0 Å². The van der Waals surface area contributed by atoms with E-state index in [9.17, 15) is 4.79 Å². The number of ether oxygens (including phenoxy) is 1. The summed E-state index contributed by atoms with van der Waals surface area (Å²) in [5.41, 5.74) is 2.88. The largest absolute Gasteiger partial charge is 0.372 e. The van der Waals surface area contributed by atoms with E-state index in [1.807, 2.05) is 36.7 Å². The van der Waals surface area contributed by atoms with E-state index >= 15 is 0 Å². The molecule has 1 aliphatic rings. The molecule has 0 saturated carbocycles. The summed E-state index contributed by atoms with van der Waals surface area (Å²) >= 11 is 3.37. The molecule has 0 saturated heterocycles. The van der Waals surface area contributed by atoms with Crippen molar-refractivity contribution >= 4 is 21.8 Å². The maximum atomic E-state index is 12.2. The number of aromatic nitrogens is 1. The molecule has 3 nitrogen and oxygen atoms in total. The van der Waals surface area contributed by atoms with E-state index in [-0.39, 0.29) is 5.91 Å². The number of halogens is 1. The lowest BCUT2D eigenvalue weighted by atomic mass is 10.2. The van der Waals surface area contributed by atoms with Gasteiger partial charge in [-0.25, -0.2) is 0 Å². The van der Waals surface area contributed by atoms with E-state index < -0.39 is 0 Å². The van der Waals surface area contributed by atoms with Gasteiger partial charge < -0.3 is 4.74 Å². The average Bonchev–Trinajstić information content (AvgIpc) is 2.88. The quantitative estimate of drug-likeness (QED) is 0.809. The van der Waals surface area contributed by atoms with Gasteiger partial charge in [0.05, 0.1) is 13.2 Å². The van der Waals surface area contributed by atoms with Gasteiger partial charge in [0.2, 0.25) is 0 Å². The van der Waals surface area contributed by atoms with E-state index in [4.69, 9.17) is 4.74 Å². The minimum absolute atomic E-state index is 0.0132. The van der Waals surface area contributed by atoms with Gasteiger partial charge in [-0.1, -0.05) is 22.0 Å². The van der Waals surface area contributed by atoms with E-state index in [1.165, 1.54) is 0 Å². The first-order chi connectivity index (χ1) is 8.24. The number of benzene rings is 1. The normalized spacial score (nSPS) is 13.7. The summed E-state index contributed by atoms with van der Waals surface area (Å²) in [4.78, 5) is 12.2. The Hall–Kier alpha value is -1.39. The van der Waals surface area contributed by atoms with Crippen LogP contribution >= 0.6 is 15.9 Å². The van der Waals surface area contributed by atoms with E-state index in [0.717, 1.165) is 15.6 Å². The Balaban J connectivity index is 1.96. The number of carbonyl (C=O) groups is 1. The summed E-state index contributed by atoms with van der Waals surface area (Å²) in [5, 5.41) is 0. The molecule has 0 amide bonds. The molecule has 0 radical (unpaired) electrons. The van der Waals surface area contributed by atoms with Gasteiger partial charge in [0.15, 0.2) is 0 Å². The molecule has 0 bridgehead atoms. The number of carbonyl (C=O) groups excluding carboxylic acids is 1. The van der Waals surface area contributed by atoms with Crippen molar-refractivity contribution in [2.45, 2.75) is 13.2 Å². The third-order valence-electron chi connectivity index (χ3n) is 2.82. The van der Waals surface area contributed by atoms with Crippen molar-refractivity contribution in [3.05, 3.63) is 57.8 Å². The molecule has 1 aromatic heterocycles. The Morgan fingerprint density at radius 2 is 1.94 bits per heavy atom. The molecule has 3 rings (SSSR count). The molecule has 0 aliphatic carbocycles. The van der Waals surface area contributed by atoms with Crippen LogP contribution in [0.15, 0.2) is 41.1 Å². The molecular weight excluding hydrogens is 282 g/mol. The summed E-state index contributed by atoms with van der Waals surface area (Å²) < 4.78 is 7.82. The highest BCUT2D eigenvalue weighted by Crippen LogP contribution is 2.21. The van der Waals surface area contributed by atoms with Crippen LogP contribution < -0.4 is 0 Å². The molecule has 0 atom stereocenters. The lowest BCUT2D eigenvalue weighted by molar-refractivity contribution is 0.0956. The molecule has 17 heavy (non-hydrogen) atoms. The first kappa shape index (κ1) is 10.7. The SMILES string of the molecule is O=C(c1cccc(Br)c1)n1cc2c(c1)COC2. The summed E-state index contributed by atoms with van der Waals surface area (Å²) in [7, 11) is 0. The number of rotatable bonds is 1. The van der Waals surface area contributed by atoms with Gasteiger partial charge >= 0.3 is 0 Å². The molecule has 4 heteroatoms. The number of hydrogen-bond donors (Lipinski definition) is 0. The highest BCUT2D eigenvalue weighted by molar-refractivity contribution is 9.10. The van der Waals surface area contributed by atoms with Crippen LogP contribution in [0, 0.1) is 0 Å². The zero-order valence-corrected chi connectivity index (χ0v) is 10.6. The van der Waals surface area contributed by atoms with Crippen molar-refractivity contribution in [1.29, 1.82) is 0 Å². The fraction of sp³-hybridized carbons (Fsp3) is 0.154. The van der Waals surface area contributed by atoms with E-state index in [2.05, 4.69) is 15.9 Å². The van der Waals surface area contributed by atoms with Crippen LogP contribution in [0.3, 0.4) is 0 Å². The minimum Gasteiger partial charge on any atom is -0.372 e. The molecular formula is C13H10BrNO2. The second-order valence-electron chi connectivity index (χ2n) is 4.02. The predicted octanol–water partition coefficient (Wildman–Crippen LogP) is 2.97. The third kappa shape index (κ3) is 1.94. The average molecular weight is 292 g/mol. The summed E-state index contributed by atoms with van der Waals surface area (Å²) in [5.74, 6) is -0.0132. The second kappa shape index (κ2) is 4.13. The molecule has 0 N–H and O–H groups in total. The van der Waals surface area contributed by atoms with Gasteiger partial charge in [-0.2, -0.15) is 0 Å². The maximum absolute atomic E-state index is 12.2. The number of nitrogens with zero attached hydrogens (tertiary/aromatic N) is 1. The Bertz CT molecular complexity index is 567. The van der Waals surface area contributed by atoms with Crippen LogP contribution in [-0.4, -0.2) is 10.5 Å². The Labute approximate surface area is 107 Å². The molecule has 86 valence electrons. The number of hydrogen-bond acceptors (Lipinski definition) is 2. The molecule has 1 aromatic carbocycles. The maximum Gasteiger partial charge on any atom is 0.261 e. The van der Waals surface area contributed by atoms with Crippen LogP contribution in [0.1, 0.15) is 21.5 Å². The Morgan fingerprint density at radius 1 is 1.24 bits per heavy atom. The topological polar surface area (TPSA) is 31.2 Å². The lowest BCUT2D eigenvalue weighted by Gasteiger charge is -2.02. The summed E-state index contributed by atoms with van der Waals surface area (Å²) in [6.45, 7) is 1.21. The van der Waals surface area contributed by atoms with Crippen LogP contribution in [0.2, 0.25) is 0 Å². The molecule has 0 unspecified atom stereocenters. The van der Waals surface area contributed by atoms with Crippen LogP contribution in [-0.2, 0) is 18.0 Å². The first-order valence-corrected chi connectivity index (χ1v) is 6.11. The molecule has 1 aliphatic heterocycles. The standard InChI is InChI=1S/C13H10BrNO2/c14-12-3-1-2-9(4-12)13(16)15-5-10-7-17-8-11(10)6-15/h1-6H,7-8H2. The van der Waals surface area contributed by atoms with Gasteiger partial charge in [0.25, 0.3) is 5.91 Å². The van der Waals surface area contributed by atoms with E-state index in [1.54, 1.807) is 4.57 Å². The van der Waals surface area contributed by atoms with Crippen LogP contribution in [0.4, 0.5) is 0 Å². The minimum atomic E-state index is -0.0132.